The molecule has 4 heterocycles. The van der Waals surface area contributed by atoms with Crippen LogP contribution < -0.4 is 21.3 Å². The molecule has 101 heavy (non-hydrogen) atoms. The summed E-state index contributed by atoms with van der Waals surface area (Å²) in [5.74, 6) is -12.5. The second-order valence-electron chi connectivity index (χ2n) is 30.9. The number of likely N-dealkylation sites (N-methyl/N-ethyl adjacent to an activating group) is 5. The second-order valence-corrected chi connectivity index (χ2v) is 30.9. The molecule has 0 bridgehead atoms. The maximum absolute atomic E-state index is 15.2. The number of rotatable bonds is 12. The molecule has 0 radical (unpaired) electrons. The first kappa shape index (κ1) is 84.0. The number of amides is 12. The first-order valence-electron chi connectivity index (χ1n) is 37.0. The van der Waals surface area contributed by atoms with Crippen molar-refractivity contribution >= 4 is 76.9 Å². The van der Waals surface area contributed by atoms with Crippen molar-refractivity contribution in [1.82, 2.24) is 60.5 Å². The smallest absolute Gasteiger partial charge is 0.311 e. The van der Waals surface area contributed by atoms with Gasteiger partial charge in [0, 0.05) is 67.3 Å². The number of esters is 1. The average Bonchev–Trinajstić information content (AvgIpc) is 1.78. The largest absolute Gasteiger partial charge is 0.452 e. The predicted octanol–water partition coefficient (Wildman–Crippen LogP) is 4.64. The zero-order valence-electron chi connectivity index (χ0n) is 64.5. The Kier molecular flexibility index (Phi) is 30.7. The van der Waals surface area contributed by atoms with Crippen LogP contribution in [0.2, 0.25) is 0 Å². The van der Waals surface area contributed by atoms with Gasteiger partial charge in [-0.15, -0.1) is 0 Å². The summed E-state index contributed by atoms with van der Waals surface area (Å²) in [5, 5.41) is 11.5. The van der Waals surface area contributed by atoms with Crippen molar-refractivity contribution in [3.63, 3.8) is 0 Å². The number of nitrogens with one attached hydrogen (secondary N) is 4. The van der Waals surface area contributed by atoms with Gasteiger partial charge in [-0.1, -0.05) is 147 Å². The maximum atomic E-state index is 15.2. The normalized spacial score (nSPS) is 29.5. The SMILES string of the molecule is CCCC1NC(=O)C(Cc2ccccc2)N(C)C(=O)C2CCCN2C(=O)C(C(C)C)N(C)C(=O)C2CCCN2C(=O)C(C(C)CC)NC(=O)C(C(C)C)N(C)C(=O)C2CCCN2C(=O)C(C(C)C)N(C)C(=O)C(C(C)C)N(C)C(=O)C(C(C)C)NC(=O)C(C)NC(=O)C(C(C)C)OC(=O)C1C. The van der Waals surface area contributed by atoms with Crippen LogP contribution in [0.3, 0.4) is 0 Å². The molecule has 26 nitrogen and oxygen atoms in total. The number of carbonyl (C=O) groups is 13. The second kappa shape index (κ2) is 37.0. The molecule has 1 aromatic rings. The van der Waals surface area contributed by atoms with Crippen molar-refractivity contribution in [3.8, 4) is 0 Å². The van der Waals surface area contributed by atoms with Gasteiger partial charge < -0.3 is 65.2 Å². The van der Waals surface area contributed by atoms with Crippen LogP contribution in [0.5, 0.6) is 0 Å². The zero-order valence-corrected chi connectivity index (χ0v) is 64.5. The van der Waals surface area contributed by atoms with Gasteiger partial charge in [0.2, 0.25) is 65.0 Å². The van der Waals surface area contributed by atoms with Crippen molar-refractivity contribution in [2.75, 3.05) is 54.9 Å². The van der Waals surface area contributed by atoms with E-state index in [0.29, 0.717) is 32.1 Å². The lowest BCUT2D eigenvalue weighted by molar-refractivity contribution is -0.163. The van der Waals surface area contributed by atoms with Crippen LogP contribution in [-0.2, 0) is 73.5 Å². The Labute approximate surface area is 600 Å². The molecule has 12 amide bonds. The van der Waals surface area contributed by atoms with E-state index in [4.69, 9.17) is 4.74 Å². The lowest BCUT2D eigenvalue weighted by Gasteiger charge is -2.41. The number of cyclic esters (lactones) is 1. The Balaban J connectivity index is 1.60. The van der Waals surface area contributed by atoms with Gasteiger partial charge in [-0.05, 0) is 106 Å². The highest BCUT2D eigenvalue weighted by Crippen LogP contribution is 2.31. The molecule has 0 aliphatic carbocycles. The van der Waals surface area contributed by atoms with Crippen LogP contribution in [0.1, 0.15) is 181 Å². The molecule has 1 aromatic carbocycles. The van der Waals surface area contributed by atoms with Gasteiger partial charge in [-0.3, -0.25) is 62.3 Å². The van der Waals surface area contributed by atoms with Gasteiger partial charge >= 0.3 is 5.97 Å². The number of nitrogens with zero attached hydrogens (tertiary/aromatic N) is 8. The first-order valence-corrected chi connectivity index (χ1v) is 37.0. The minimum absolute atomic E-state index is 0.0491. The Bertz CT molecular complexity index is 3110. The van der Waals surface area contributed by atoms with E-state index < -0.39 is 203 Å². The first-order chi connectivity index (χ1) is 47.3. The summed E-state index contributed by atoms with van der Waals surface area (Å²) in [6.45, 7) is 30.1. The standard InChI is InChI=1S/C75H122N12O14/c1-23-31-51-48(16)75(100)101-62(46(13)14)66(91)76-49(17)63(88)78-56(41(3)4)70(95)83(21)59(43(7)8)72(97)84(22)61(45(11)12)74(99)87-39-30-36-54(87)68(93)81(19)58(42(5)6)65(90)79-57(47(15)24-2)71(96)85-37-28-35-53(85)69(94)82(20)60(44(9)10)73(98)86-38-29-34-52(86)67(92)80(18)55(64(89)77-51)40-50-32-26-25-27-33-50/h25-27,32-33,41-49,51-62H,23-24,28-31,34-40H2,1-22H3,(H,76,91)(H,77,89)(H,78,88)(H,79,90). The molecular weight excluding hydrogens is 1290 g/mol. The van der Waals surface area contributed by atoms with E-state index in [-0.39, 0.29) is 51.7 Å². The maximum Gasteiger partial charge on any atom is 0.311 e. The monoisotopic (exact) mass is 1410 g/mol. The van der Waals surface area contributed by atoms with Crippen molar-refractivity contribution in [2.45, 2.75) is 261 Å². The van der Waals surface area contributed by atoms with Crippen molar-refractivity contribution in [1.29, 1.82) is 0 Å². The molecule has 566 valence electrons. The van der Waals surface area contributed by atoms with Gasteiger partial charge in [0.15, 0.2) is 6.10 Å². The van der Waals surface area contributed by atoms with Crippen LogP contribution >= 0.6 is 0 Å². The number of hydrogen-bond donors (Lipinski definition) is 4. The Hall–Kier alpha value is -7.67. The van der Waals surface area contributed by atoms with Crippen molar-refractivity contribution in [3.05, 3.63) is 35.9 Å². The number of carbonyl (C=O) groups excluding carboxylic acids is 13. The fraction of sp³-hybridized carbons (Fsp3) is 0.747. The van der Waals surface area contributed by atoms with Gasteiger partial charge in [0.05, 0.1) is 5.92 Å². The molecule has 4 aliphatic heterocycles. The molecule has 4 aliphatic rings. The summed E-state index contributed by atoms with van der Waals surface area (Å²) in [6.07, 6.45) is 1.96. The molecule has 4 saturated heterocycles. The summed E-state index contributed by atoms with van der Waals surface area (Å²) in [4.78, 5) is 204. The Morgan fingerprint density at radius 1 is 0.426 bits per heavy atom. The van der Waals surface area contributed by atoms with E-state index in [1.54, 1.807) is 90.0 Å². The highest BCUT2D eigenvalue weighted by molar-refractivity contribution is 6.00. The van der Waals surface area contributed by atoms with Gasteiger partial charge in [0.1, 0.15) is 66.5 Å². The van der Waals surface area contributed by atoms with Crippen LogP contribution in [-0.4, -0.2) is 250 Å². The molecular formula is C75H122N12O14. The molecule has 15 unspecified atom stereocenters. The van der Waals surface area contributed by atoms with Crippen LogP contribution in [0, 0.1) is 47.3 Å². The molecule has 26 heteroatoms. The Morgan fingerprint density at radius 2 is 0.842 bits per heavy atom. The summed E-state index contributed by atoms with van der Waals surface area (Å²) in [7, 11) is 7.46. The van der Waals surface area contributed by atoms with Crippen LogP contribution in [0.4, 0.5) is 0 Å². The van der Waals surface area contributed by atoms with Gasteiger partial charge in [-0.25, -0.2) is 0 Å². The quantitative estimate of drug-likeness (QED) is 0.207. The number of fused-ring (bicyclic) bond motifs is 3. The molecule has 15 atom stereocenters. The fourth-order valence-electron chi connectivity index (χ4n) is 15.1. The van der Waals surface area contributed by atoms with E-state index in [1.807, 2.05) is 51.1 Å². The van der Waals surface area contributed by atoms with E-state index in [2.05, 4.69) is 21.3 Å². The van der Waals surface area contributed by atoms with Gasteiger partial charge in [-0.2, -0.15) is 0 Å². The molecule has 0 spiro atoms. The highest BCUT2D eigenvalue weighted by Gasteiger charge is 2.50. The van der Waals surface area contributed by atoms with E-state index >= 15 is 38.4 Å². The third kappa shape index (κ3) is 19.7. The number of benzene rings is 1. The highest BCUT2D eigenvalue weighted by atomic mass is 16.5. The third-order valence-electron chi connectivity index (χ3n) is 21.2. The number of ether oxygens (including phenoxy) is 1. The fourth-order valence-corrected chi connectivity index (χ4v) is 15.1. The lowest BCUT2D eigenvalue weighted by atomic mass is 9.94. The van der Waals surface area contributed by atoms with Crippen LogP contribution in [0.15, 0.2) is 30.3 Å². The third-order valence-corrected chi connectivity index (χ3v) is 21.2. The van der Waals surface area contributed by atoms with Gasteiger partial charge in [0.25, 0.3) is 5.91 Å². The minimum atomic E-state index is -1.43. The predicted molar refractivity (Wildman–Crippen MR) is 383 cm³/mol. The zero-order chi connectivity index (χ0) is 76.1. The van der Waals surface area contributed by atoms with Crippen LogP contribution in [0.25, 0.3) is 0 Å². The summed E-state index contributed by atoms with van der Waals surface area (Å²) < 4.78 is 5.98. The summed E-state index contributed by atoms with van der Waals surface area (Å²) in [5.41, 5.74) is 0.722. The average molecular weight is 1420 g/mol. The van der Waals surface area contributed by atoms with E-state index in [0.717, 1.165) is 5.56 Å². The summed E-state index contributed by atoms with van der Waals surface area (Å²) >= 11 is 0. The summed E-state index contributed by atoms with van der Waals surface area (Å²) in [6, 6.07) is -4.20. The van der Waals surface area contributed by atoms with Crippen molar-refractivity contribution < 1.29 is 67.1 Å². The van der Waals surface area contributed by atoms with Crippen molar-refractivity contribution in [2.24, 2.45) is 47.3 Å². The van der Waals surface area contributed by atoms with E-state index in [1.165, 1.54) is 81.4 Å². The molecule has 4 fully saturated rings. The van der Waals surface area contributed by atoms with E-state index in [9.17, 15) is 24.0 Å². The molecule has 0 aromatic heterocycles. The lowest BCUT2D eigenvalue weighted by Crippen LogP contribution is -2.63. The molecule has 4 N–H and O–H groups in total. The minimum Gasteiger partial charge on any atom is -0.452 e. The topological polar surface area (TPSA) is 305 Å². The molecule has 0 saturated carbocycles. The molecule has 5 rings (SSSR count). The number of hydrogen-bond acceptors (Lipinski definition) is 14. The Morgan fingerprint density at radius 3 is 1.28 bits per heavy atom.